The number of sulfonamides is 1. The summed E-state index contributed by atoms with van der Waals surface area (Å²) in [4.78, 5) is 12.1. The van der Waals surface area contributed by atoms with Crippen LogP contribution in [-0.2, 0) is 26.0 Å². The second-order valence-corrected chi connectivity index (χ2v) is 7.34. The third kappa shape index (κ3) is 5.00. The lowest BCUT2D eigenvalue weighted by atomic mass is 10.1. The molecule has 2 rings (SSSR count). The second-order valence-electron chi connectivity index (χ2n) is 5.46. The molecule has 0 aliphatic carbocycles. The number of benzene rings is 1. The zero-order chi connectivity index (χ0) is 16.9. The number of aliphatic hydroxyl groups is 1. The number of hydrogen-bond donors (Lipinski definition) is 3. The van der Waals surface area contributed by atoms with Crippen molar-refractivity contribution in [2.45, 2.75) is 36.3 Å². The van der Waals surface area contributed by atoms with Crippen molar-refractivity contribution in [2.24, 2.45) is 0 Å². The number of rotatable bonds is 6. The maximum Gasteiger partial charge on any atom is 0.240 e. The topological polar surface area (TPSA) is 105 Å². The minimum atomic E-state index is -3.44. The van der Waals surface area contributed by atoms with Crippen molar-refractivity contribution < 1.29 is 23.1 Å². The van der Waals surface area contributed by atoms with Gasteiger partial charge in [-0.2, -0.15) is 0 Å². The summed E-state index contributed by atoms with van der Waals surface area (Å²) >= 11 is 0. The molecule has 2 atom stereocenters. The maximum absolute atomic E-state index is 11.9. The molecule has 1 saturated heterocycles. The molecule has 0 saturated carbocycles. The third-order valence-electron chi connectivity index (χ3n) is 3.82. The van der Waals surface area contributed by atoms with Crippen LogP contribution in [0.2, 0.25) is 0 Å². The van der Waals surface area contributed by atoms with Gasteiger partial charge in [-0.1, -0.05) is 12.1 Å². The van der Waals surface area contributed by atoms with Gasteiger partial charge in [-0.15, -0.1) is 0 Å². The van der Waals surface area contributed by atoms with Crippen LogP contribution in [0.5, 0.6) is 0 Å². The van der Waals surface area contributed by atoms with Gasteiger partial charge in [0.05, 0.1) is 23.6 Å². The Hall–Kier alpha value is -1.48. The fourth-order valence-electron chi connectivity index (χ4n) is 2.38. The SMILES string of the molecule is CNS(=O)(=O)c1ccc(CCC(=O)N[C@@H]2CCOC[C@H]2O)cc1. The fourth-order valence-corrected chi connectivity index (χ4v) is 3.11. The highest BCUT2D eigenvalue weighted by Gasteiger charge is 2.24. The number of hydrogen-bond acceptors (Lipinski definition) is 5. The molecule has 7 nitrogen and oxygen atoms in total. The first-order valence-electron chi connectivity index (χ1n) is 7.50. The van der Waals surface area contributed by atoms with Crippen LogP contribution in [0.3, 0.4) is 0 Å². The van der Waals surface area contributed by atoms with Gasteiger partial charge >= 0.3 is 0 Å². The van der Waals surface area contributed by atoms with Gasteiger partial charge in [0.2, 0.25) is 15.9 Å². The van der Waals surface area contributed by atoms with Gasteiger partial charge in [-0.05, 0) is 37.6 Å². The predicted molar refractivity (Wildman–Crippen MR) is 84.4 cm³/mol. The van der Waals surface area contributed by atoms with Gasteiger partial charge in [0.25, 0.3) is 0 Å². The zero-order valence-corrected chi connectivity index (χ0v) is 13.8. The molecule has 3 N–H and O–H groups in total. The third-order valence-corrected chi connectivity index (χ3v) is 5.25. The molecule has 0 spiro atoms. The molecular formula is C15H22N2O5S. The summed E-state index contributed by atoms with van der Waals surface area (Å²) in [7, 11) is -2.08. The van der Waals surface area contributed by atoms with Crippen LogP contribution in [0, 0.1) is 0 Å². The Morgan fingerprint density at radius 2 is 2.04 bits per heavy atom. The van der Waals surface area contributed by atoms with Crippen LogP contribution in [0.25, 0.3) is 0 Å². The first-order valence-corrected chi connectivity index (χ1v) is 8.98. The quantitative estimate of drug-likeness (QED) is 0.664. The van der Waals surface area contributed by atoms with E-state index in [0.717, 1.165) is 5.56 Å². The summed E-state index contributed by atoms with van der Waals surface area (Å²) < 4.78 is 30.6. The van der Waals surface area contributed by atoms with Gasteiger partial charge in [0.1, 0.15) is 0 Å². The van der Waals surface area contributed by atoms with E-state index in [2.05, 4.69) is 10.0 Å². The lowest BCUT2D eigenvalue weighted by molar-refractivity contribution is -0.124. The molecule has 23 heavy (non-hydrogen) atoms. The van der Waals surface area contributed by atoms with E-state index in [4.69, 9.17) is 4.74 Å². The molecule has 1 amide bonds. The number of nitrogens with one attached hydrogen (secondary N) is 2. The zero-order valence-electron chi connectivity index (χ0n) is 13.0. The van der Waals surface area contributed by atoms with Crippen molar-refractivity contribution in [1.29, 1.82) is 0 Å². The second kappa shape index (κ2) is 7.87. The predicted octanol–water partition coefficient (Wildman–Crippen LogP) is -0.207. The molecule has 8 heteroatoms. The Balaban J connectivity index is 1.84. The molecule has 1 aromatic rings. The summed E-state index contributed by atoms with van der Waals surface area (Å²) in [5, 5.41) is 12.5. The molecule has 0 unspecified atom stereocenters. The van der Waals surface area contributed by atoms with E-state index < -0.39 is 16.1 Å². The molecule has 1 aliphatic rings. The van der Waals surface area contributed by atoms with Crippen molar-refractivity contribution in [3.8, 4) is 0 Å². The minimum absolute atomic E-state index is 0.136. The van der Waals surface area contributed by atoms with E-state index in [1.54, 1.807) is 12.1 Å². The molecule has 1 aliphatic heterocycles. The van der Waals surface area contributed by atoms with E-state index in [0.29, 0.717) is 19.4 Å². The van der Waals surface area contributed by atoms with E-state index in [-0.39, 0.29) is 29.9 Å². The van der Waals surface area contributed by atoms with Gasteiger partial charge in [-0.3, -0.25) is 4.79 Å². The Kier molecular flexibility index (Phi) is 6.11. The summed E-state index contributed by atoms with van der Waals surface area (Å²) in [5.74, 6) is -0.136. The van der Waals surface area contributed by atoms with Crippen LogP contribution in [0.1, 0.15) is 18.4 Å². The number of carbonyl (C=O) groups excluding carboxylic acids is 1. The standard InChI is InChI=1S/C15H22N2O5S/c1-16-23(20,21)12-5-2-11(3-6-12)4-7-15(19)17-13-8-9-22-10-14(13)18/h2-3,5-6,13-14,16,18H,4,7-10H2,1H3,(H,17,19)/t13-,14-/m1/s1. The molecule has 128 valence electrons. The largest absolute Gasteiger partial charge is 0.389 e. The molecule has 1 aromatic carbocycles. The van der Waals surface area contributed by atoms with E-state index in [1.165, 1.54) is 19.2 Å². The Bertz CT molecular complexity index is 630. The van der Waals surface area contributed by atoms with Crippen LogP contribution in [0.4, 0.5) is 0 Å². The molecule has 0 radical (unpaired) electrons. The van der Waals surface area contributed by atoms with Crippen LogP contribution < -0.4 is 10.0 Å². The Morgan fingerprint density at radius 3 is 2.65 bits per heavy atom. The summed E-state index contributed by atoms with van der Waals surface area (Å²) in [6.07, 6.45) is 0.718. The highest BCUT2D eigenvalue weighted by molar-refractivity contribution is 7.89. The van der Waals surface area contributed by atoms with Gasteiger partial charge in [-0.25, -0.2) is 13.1 Å². The maximum atomic E-state index is 11.9. The fraction of sp³-hybridized carbons (Fsp3) is 0.533. The number of ether oxygens (including phenoxy) is 1. The number of aryl methyl sites for hydroxylation is 1. The van der Waals surface area contributed by atoms with Gasteiger partial charge < -0.3 is 15.2 Å². The smallest absolute Gasteiger partial charge is 0.240 e. The summed E-state index contributed by atoms with van der Waals surface area (Å²) in [6.45, 7) is 0.774. The number of amides is 1. The molecular weight excluding hydrogens is 320 g/mol. The van der Waals surface area contributed by atoms with E-state index >= 15 is 0 Å². The molecule has 0 bridgehead atoms. The Labute approximate surface area is 136 Å². The monoisotopic (exact) mass is 342 g/mol. The van der Waals surface area contributed by atoms with Crippen molar-refractivity contribution in [3.63, 3.8) is 0 Å². The van der Waals surface area contributed by atoms with E-state index in [1.807, 2.05) is 0 Å². The highest BCUT2D eigenvalue weighted by atomic mass is 32.2. The average molecular weight is 342 g/mol. The van der Waals surface area contributed by atoms with Crippen molar-refractivity contribution in [1.82, 2.24) is 10.0 Å². The minimum Gasteiger partial charge on any atom is -0.389 e. The van der Waals surface area contributed by atoms with Crippen LogP contribution >= 0.6 is 0 Å². The van der Waals surface area contributed by atoms with Gasteiger partial charge in [0, 0.05) is 13.0 Å². The first kappa shape index (κ1) is 17.9. The highest BCUT2D eigenvalue weighted by Crippen LogP contribution is 2.12. The first-order chi connectivity index (χ1) is 10.9. The lowest BCUT2D eigenvalue weighted by Gasteiger charge is -2.28. The molecule has 1 fully saturated rings. The Morgan fingerprint density at radius 1 is 1.35 bits per heavy atom. The van der Waals surface area contributed by atoms with Crippen molar-refractivity contribution >= 4 is 15.9 Å². The van der Waals surface area contributed by atoms with Crippen LogP contribution in [0.15, 0.2) is 29.2 Å². The summed E-state index contributed by atoms with van der Waals surface area (Å²) in [5.41, 5.74) is 0.878. The van der Waals surface area contributed by atoms with Gasteiger partial charge in [0.15, 0.2) is 0 Å². The number of aliphatic hydroxyl groups excluding tert-OH is 1. The molecule has 1 heterocycles. The average Bonchev–Trinajstić information content (AvgIpc) is 2.55. The number of carbonyl (C=O) groups is 1. The lowest BCUT2D eigenvalue weighted by Crippen LogP contribution is -2.48. The normalized spacial score (nSPS) is 21.8. The van der Waals surface area contributed by atoms with Crippen molar-refractivity contribution in [2.75, 3.05) is 20.3 Å². The summed E-state index contributed by atoms with van der Waals surface area (Å²) in [6, 6.07) is 6.16. The van der Waals surface area contributed by atoms with Crippen molar-refractivity contribution in [3.05, 3.63) is 29.8 Å². The van der Waals surface area contributed by atoms with E-state index in [9.17, 15) is 18.3 Å². The molecule has 0 aromatic heterocycles. The van der Waals surface area contributed by atoms with Crippen LogP contribution in [-0.4, -0.2) is 51.8 Å².